The van der Waals surface area contributed by atoms with E-state index in [-0.39, 0.29) is 17.6 Å². The van der Waals surface area contributed by atoms with Gasteiger partial charge in [-0.25, -0.2) is 14.6 Å². The van der Waals surface area contributed by atoms with E-state index in [0.29, 0.717) is 30.3 Å². The molecule has 0 aliphatic carbocycles. The highest BCUT2D eigenvalue weighted by atomic mass is 16.5. The van der Waals surface area contributed by atoms with Crippen LogP contribution in [0.4, 0.5) is 10.5 Å². The molecule has 37 heavy (non-hydrogen) atoms. The molecule has 0 saturated carbocycles. The van der Waals surface area contributed by atoms with Crippen LogP contribution in [0.2, 0.25) is 0 Å². The lowest BCUT2D eigenvalue weighted by molar-refractivity contribution is 0.0697. The van der Waals surface area contributed by atoms with Crippen LogP contribution < -0.4 is 9.64 Å². The fourth-order valence-corrected chi connectivity index (χ4v) is 4.86. The summed E-state index contributed by atoms with van der Waals surface area (Å²) in [5.41, 5.74) is 2.48. The summed E-state index contributed by atoms with van der Waals surface area (Å²) in [6.07, 6.45) is 0.742. The average molecular weight is 499 g/mol. The predicted molar refractivity (Wildman–Crippen MR) is 142 cm³/mol. The first-order valence-corrected chi connectivity index (χ1v) is 12.4. The number of amides is 2. The topological polar surface area (TPSA) is 87.9 Å². The smallest absolute Gasteiger partial charge is 0.335 e. The van der Waals surface area contributed by atoms with Gasteiger partial charge in [0.15, 0.2) is 0 Å². The minimum atomic E-state index is -0.978. The Morgan fingerprint density at radius 2 is 1.70 bits per heavy atom. The molecule has 2 amide bonds. The summed E-state index contributed by atoms with van der Waals surface area (Å²) < 4.78 is 7.80. The molecular formula is C29H30N4O4. The summed E-state index contributed by atoms with van der Waals surface area (Å²) in [6, 6.07) is 21.7. The number of anilines is 1. The molecule has 0 radical (unpaired) electrons. The number of hydrogen-bond acceptors (Lipinski definition) is 4. The van der Waals surface area contributed by atoms with E-state index in [1.54, 1.807) is 23.1 Å². The summed E-state index contributed by atoms with van der Waals surface area (Å²) in [7, 11) is 1.88. The number of fused-ring (bicyclic) bond motifs is 1. The number of rotatable bonds is 8. The van der Waals surface area contributed by atoms with E-state index in [2.05, 4.69) is 13.8 Å². The summed E-state index contributed by atoms with van der Waals surface area (Å²) >= 11 is 0. The highest BCUT2D eigenvalue weighted by Gasteiger charge is 2.37. The van der Waals surface area contributed by atoms with Crippen molar-refractivity contribution in [2.45, 2.75) is 26.3 Å². The van der Waals surface area contributed by atoms with Gasteiger partial charge in [-0.05, 0) is 66.9 Å². The molecule has 2 heterocycles. The van der Waals surface area contributed by atoms with E-state index >= 15 is 0 Å². The zero-order chi connectivity index (χ0) is 26.1. The number of carbonyl (C=O) groups excluding carboxylic acids is 1. The number of carboxylic acid groups (broad SMARTS) is 1. The molecule has 1 N–H and O–H groups in total. The van der Waals surface area contributed by atoms with Crippen molar-refractivity contribution in [1.82, 2.24) is 14.5 Å². The fraction of sp³-hybridized carbons (Fsp3) is 0.276. The highest BCUT2D eigenvalue weighted by molar-refractivity contribution is 5.95. The number of para-hydroxylation sites is 1. The standard InChI is InChI=1S/C29H30N4O4/c1-19(2)17-26(27-30-24-14-9-20(28(34)35)18-25(24)31(27)3)33-16-15-32(29(33)36)21-10-12-23(13-11-21)37-22-7-5-4-6-8-22/h4-14,18-19,26H,15-17H2,1-3H3,(H,34,35)/t26-/m0/s1. The normalized spacial score (nSPS) is 14.5. The first kappa shape index (κ1) is 24.4. The number of aromatic carboxylic acids is 1. The molecule has 0 spiro atoms. The van der Waals surface area contributed by atoms with Crippen LogP contribution in [0, 0.1) is 5.92 Å². The second kappa shape index (κ2) is 9.97. The zero-order valence-electron chi connectivity index (χ0n) is 21.2. The Morgan fingerprint density at radius 1 is 1.00 bits per heavy atom. The van der Waals surface area contributed by atoms with Gasteiger partial charge in [0.2, 0.25) is 0 Å². The molecule has 1 aliphatic heterocycles. The molecule has 1 atom stereocenters. The second-order valence-electron chi connectivity index (χ2n) is 9.72. The fourth-order valence-electron chi connectivity index (χ4n) is 4.86. The molecular weight excluding hydrogens is 468 g/mol. The third-order valence-corrected chi connectivity index (χ3v) is 6.70. The van der Waals surface area contributed by atoms with Crippen LogP contribution in [0.15, 0.2) is 72.8 Å². The molecule has 8 heteroatoms. The average Bonchev–Trinajstić information content (AvgIpc) is 3.43. The summed E-state index contributed by atoms with van der Waals surface area (Å²) in [6.45, 7) is 5.39. The Morgan fingerprint density at radius 3 is 2.38 bits per heavy atom. The van der Waals surface area contributed by atoms with Gasteiger partial charge in [-0.2, -0.15) is 0 Å². The van der Waals surface area contributed by atoms with Crippen LogP contribution in [0.25, 0.3) is 11.0 Å². The van der Waals surface area contributed by atoms with Crippen LogP contribution in [0.3, 0.4) is 0 Å². The molecule has 4 aromatic rings. The van der Waals surface area contributed by atoms with Crippen molar-refractivity contribution in [3.8, 4) is 11.5 Å². The maximum Gasteiger partial charge on any atom is 0.335 e. The van der Waals surface area contributed by atoms with Gasteiger partial charge in [-0.15, -0.1) is 0 Å². The van der Waals surface area contributed by atoms with E-state index < -0.39 is 5.97 Å². The number of hydrogen-bond donors (Lipinski definition) is 1. The van der Waals surface area contributed by atoms with E-state index in [1.807, 2.05) is 71.1 Å². The van der Waals surface area contributed by atoms with Crippen molar-refractivity contribution in [3.05, 3.63) is 84.2 Å². The molecule has 0 unspecified atom stereocenters. The van der Waals surface area contributed by atoms with Crippen LogP contribution in [0.5, 0.6) is 11.5 Å². The summed E-state index contributed by atoms with van der Waals surface area (Å²) in [4.78, 5) is 33.6. The Kier molecular flexibility index (Phi) is 6.56. The number of imidazole rings is 1. The van der Waals surface area contributed by atoms with E-state index in [9.17, 15) is 14.7 Å². The minimum Gasteiger partial charge on any atom is -0.478 e. The van der Waals surface area contributed by atoms with Gasteiger partial charge >= 0.3 is 12.0 Å². The monoisotopic (exact) mass is 498 g/mol. The first-order chi connectivity index (χ1) is 17.8. The number of urea groups is 1. The molecule has 1 aliphatic rings. The van der Waals surface area contributed by atoms with Gasteiger partial charge in [-0.3, -0.25) is 4.90 Å². The third kappa shape index (κ3) is 4.87. The first-order valence-electron chi connectivity index (χ1n) is 12.4. The third-order valence-electron chi connectivity index (χ3n) is 6.70. The Hall–Kier alpha value is -4.33. The lowest BCUT2D eigenvalue weighted by atomic mass is 10.0. The van der Waals surface area contributed by atoms with Crippen molar-refractivity contribution in [3.63, 3.8) is 0 Å². The Bertz CT molecular complexity index is 1430. The molecule has 1 saturated heterocycles. The Balaban J connectivity index is 1.40. The van der Waals surface area contributed by atoms with E-state index in [4.69, 9.17) is 9.72 Å². The number of benzene rings is 3. The van der Waals surface area contributed by atoms with Gasteiger partial charge in [0.1, 0.15) is 17.3 Å². The van der Waals surface area contributed by atoms with Gasteiger partial charge in [0, 0.05) is 25.8 Å². The van der Waals surface area contributed by atoms with Crippen molar-refractivity contribution < 1.29 is 19.4 Å². The maximum absolute atomic E-state index is 13.7. The zero-order valence-corrected chi connectivity index (χ0v) is 21.2. The minimum absolute atomic E-state index is 0.0688. The van der Waals surface area contributed by atoms with Crippen molar-refractivity contribution in [2.75, 3.05) is 18.0 Å². The van der Waals surface area contributed by atoms with Crippen LogP contribution in [-0.4, -0.2) is 44.6 Å². The molecule has 190 valence electrons. The quantitative estimate of drug-likeness (QED) is 0.317. The molecule has 8 nitrogen and oxygen atoms in total. The SMILES string of the molecule is CC(C)C[C@@H](c1nc2ccc(C(=O)O)cc2n1C)N1CCN(c2ccc(Oc3ccccc3)cc2)C1=O. The molecule has 1 aromatic heterocycles. The summed E-state index contributed by atoms with van der Waals surface area (Å²) in [5.74, 6) is 1.57. The second-order valence-corrected chi connectivity index (χ2v) is 9.72. The summed E-state index contributed by atoms with van der Waals surface area (Å²) in [5, 5.41) is 9.41. The van der Waals surface area contributed by atoms with Crippen molar-refractivity contribution >= 4 is 28.7 Å². The maximum atomic E-state index is 13.7. The molecule has 0 bridgehead atoms. The molecule has 5 rings (SSSR count). The number of aryl methyl sites for hydroxylation is 1. The lowest BCUT2D eigenvalue weighted by Gasteiger charge is -2.29. The Labute approximate surface area is 215 Å². The molecule has 3 aromatic carbocycles. The van der Waals surface area contributed by atoms with Crippen molar-refractivity contribution in [1.29, 1.82) is 0 Å². The van der Waals surface area contributed by atoms with Gasteiger partial charge in [0.25, 0.3) is 0 Å². The highest BCUT2D eigenvalue weighted by Crippen LogP contribution is 2.34. The number of carboxylic acids is 1. The number of carbonyl (C=O) groups is 2. The molecule has 1 fully saturated rings. The lowest BCUT2D eigenvalue weighted by Crippen LogP contribution is -2.36. The van der Waals surface area contributed by atoms with Gasteiger partial charge in [0.05, 0.1) is 22.6 Å². The number of nitrogens with zero attached hydrogens (tertiary/aromatic N) is 4. The number of aromatic nitrogens is 2. The van der Waals surface area contributed by atoms with Gasteiger partial charge in [-0.1, -0.05) is 32.0 Å². The van der Waals surface area contributed by atoms with E-state index in [1.165, 1.54) is 0 Å². The van der Waals surface area contributed by atoms with E-state index in [0.717, 1.165) is 29.2 Å². The largest absolute Gasteiger partial charge is 0.478 e. The predicted octanol–water partition coefficient (Wildman–Crippen LogP) is 6.09. The van der Waals surface area contributed by atoms with Gasteiger partial charge < -0.3 is 19.3 Å². The number of ether oxygens (including phenoxy) is 1. The van der Waals surface area contributed by atoms with Crippen LogP contribution >= 0.6 is 0 Å². The van der Waals surface area contributed by atoms with Crippen LogP contribution in [0.1, 0.15) is 42.5 Å². The van der Waals surface area contributed by atoms with Crippen LogP contribution in [-0.2, 0) is 7.05 Å². The van der Waals surface area contributed by atoms with Crippen molar-refractivity contribution in [2.24, 2.45) is 13.0 Å².